The second kappa shape index (κ2) is 5.17. The largest absolute Gasteiger partial charge is 0.342 e. The number of carbonyl (C=O) groups is 1. The molecule has 3 heteroatoms. The van der Waals surface area contributed by atoms with Crippen molar-refractivity contribution in [3.8, 4) is 0 Å². The van der Waals surface area contributed by atoms with Gasteiger partial charge in [0.1, 0.15) is 0 Å². The summed E-state index contributed by atoms with van der Waals surface area (Å²) < 4.78 is 0. The van der Waals surface area contributed by atoms with Gasteiger partial charge in [-0.3, -0.25) is 4.79 Å². The Hall–Kier alpha value is -0.570. The Morgan fingerprint density at radius 2 is 2.12 bits per heavy atom. The molecule has 1 saturated heterocycles. The number of hydrogen-bond acceptors (Lipinski definition) is 2. The van der Waals surface area contributed by atoms with Gasteiger partial charge in [0.25, 0.3) is 0 Å². The van der Waals surface area contributed by atoms with Gasteiger partial charge in [-0.05, 0) is 37.6 Å². The molecule has 0 bridgehead atoms. The van der Waals surface area contributed by atoms with Crippen molar-refractivity contribution in [2.45, 2.75) is 33.1 Å². The van der Waals surface area contributed by atoms with Crippen LogP contribution in [0.3, 0.4) is 0 Å². The van der Waals surface area contributed by atoms with Gasteiger partial charge in [-0.1, -0.05) is 13.8 Å². The molecule has 2 atom stereocenters. The van der Waals surface area contributed by atoms with Gasteiger partial charge in [-0.25, -0.2) is 0 Å². The molecule has 1 N–H and O–H groups in total. The van der Waals surface area contributed by atoms with Gasteiger partial charge in [-0.2, -0.15) is 0 Å². The van der Waals surface area contributed by atoms with E-state index in [1.54, 1.807) is 0 Å². The lowest BCUT2D eigenvalue weighted by Gasteiger charge is -2.26. The molecule has 2 rings (SSSR count). The molecular weight excluding hydrogens is 200 g/mol. The van der Waals surface area contributed by atoms with Crippen molar-refractivity contribution in [2.24, 2.45) is 17.8 Å². The molecule has 1 aliphatic heterocycles. The summed E-state index contributed by atoms with van der Waals surface area (Å²) >= 11 is 0. The smallest absolute Gasteiger partial charge is 0.227 e. The van der Waals surface area contributed by atoms with Crippen LogP contribution >= 0.6 is 0 Å². The van der Waals surface area contributed by atoms with E-state index in [1.807, 2.05) is 0 Å². The summed E-state index contributed by atoms with van der Waals surface area (Å²) in [5, 5.41) is 3.32. The predicted octanol–water partition coefficient (Wildman–Crippen LogP) is 1.49. The van der Waals surface area contributed by atoms with E-state index in [0.717, 1.165) is 38.5 Å². The minimum Gasteiger partial charge on any atom is -0.342 e. The summed E-state index contributed by atoms with van der Waals surface area (Å²) in [6, 6.07) is 0. The van der Waals surface area contributed by atoms with Crippen LogP contribution < -0.4 is 5.32 Å². The molecule has 0 radical (unpaired) electrons. The average Bonchev–Trinajstić information content (AvgIpc) is 2.98. The quantitative estimate of drug-likeness (QED) is 0.767. The summed E-state index contributed by atoms with van der Waals surface area (Å²) in [6.45, 7) is 8.17. The molecule has 2 aliphatic rings. The molecular formula is C13H24N2O. The monoisotopic (exact) mass is 224 g/mol. The van der Waals surface area contributed by atoms with E-state index >= 15 is 0 Å². The molecule has 3 nitrogen and oxygen atoms in total. The van der Waals surface area contributed by atoms with Crippen LogP contribution in [0.15, 0.2) is 0 Å². The zero-order chi connectivity index (χ0) is 11.5. The van der Waals surface area contributed by atoms with Crippen molar-refractivity contribution in [1.29, 1.82) is 0 Å². The molecule has 0 aromatic rings. The number of hydrogen-bond donors (Lipinski definition) is 1. The molecule has 92 valence electrons. The van der Waals surface area contributed by atoms with Crippen molar-refractivity contribution in [3.63, 3.8) is 0 Å². The van der Waals surface area contributed by atoms with Crippen LogP contribution in [-0.2, 0) is 4.79 Å². The maximum Gasteiger partial charge on any atom is 0.227 e. The fraction of sp³-hybridized carbons (Fsp3) is 0.923. The molecule has 1 heterocycles. The van der Waals surface area contributed by atoms with Gasteiger partial charge in [0, 0.05) is 19.6 Å². The van der Waals surface area contributed by atoms with Gasteiger partial charge in [0.2, 0.25) is 5.91 Å². The van der Waals surface area contributed by atoms with E-state index in [2.05, 4.69) is 24.1 Å². The van der Waals surface area contributed by atoms with Crippen LogP contribution in [0.1, 0.15) is 33.1 Å². The first-order valence-corrected chi connectivity index (χ1v) is 6.72. The summed E-state index contributed by atoms with van der Waals surface area (Å²) in [6.07, 6.45) is 3.73. The highest BCUT2D eigenvalue weighted by molar-refractivity contribution is 5.79. The Kier molecular flexibility index (Phi) is 3.85. The van der Waals surface area contributed by atoms with Crippen LogP contribution in [-0.4, -0.2) is 37.0 Å². The molecule has 16 heavy (non-hydrogen) atoms. The average molecular weight is 224 g/mol. The standard InChI is InChI=1S/C13H24N2O/c1-3-6-15(9-11-4-5-11)13(16)12-8-14-7-10(12)2/h10-12,14H,3-9H2,1-2H3/t10-,12-/m1/s1. The number of nitrogens with zero attached hydrogens (tertiary/aromatic N) is 1. The van der Waals surface area contributed by atoms with E-state index < -0.39 is 0 Å². The second-order valence-corrected chi connectivity index (χ2v) is 5.47. The van der Waals surface area contributed by atoms with E-state index in [0.29, 0.717) is 11.8 Å². The predicted molar refractivity (Wildman–Crippen MR) is 65.1 cm³/mol. The molecule has 2 fully saturated rings. The van der Waals surface area contributed by atoms with E-state index in [4.69, 9.17) is 0 Å². The van der Waals surface area contributed by atoms with Crippen LogP contribution in [0.5, 0.6) is 0 Å². The Labute approximate surface area is 98.6 Å². The maximum absolute atomic E-state index is 12.4. The Balaban J connectivity index is 1.91. The van der Waals surface area contributed by atoms with Crippen LogP contribution in [0, 0.1) is 17.8 Å². The zero-order valence-corrected chi connectivity index (χ0v) is 10.5. The third-order valence-corrected chi connectivity index (χ3v) is 3.82. The van der Waals surface area contributed by atoms with Crippen LogP contribution in [0.25, 0.3) is 0 Å². The summed E-state index contributed by atoms with van der Waals surface area (Å²) in [4.78, 5) is 14.5. The van der Waals surface area contributed by atoms with Gasteiger partial charge < -0.3 is 10.2 Å². The van der Waals surface area contributed by atoms with Crippen molar-refractivity contribution in [1.82, 2.24) is 10.2 Å². The van der Waals surface area contributed by atoms with Crippen molar-refractivity contribution < 1.29 is 4.79 Å². The Bertz CT molecular complexity index is 250. The highest BCUT2D eigenvalue weighted by Gasteiger charge is 2.34. The molecule has 0 aromatic carbocycles. The first-order chi connectivity index (χ1) is 7.72. The SMILES string of the molecule is CCCN(CC1CC1)C(=O)[C@@H]1CNC[C@H]1C. The van der Waals surface area contributed by atoms with Crippen LogP contribution in [0.2, 0.25) is 0 Å². The van der Waals surface area contributed by atoms with E-state index in [9.17, 15) is 4.79 Å². The molecule has 1 aliphatic carbocycles. The third kappa shape index (κ3) is 2.76. The van der Waals surface area contributed by atoms with Gasteiger partial charge >= 0.3 is 0 Å². The Morgan fingerprint density at radius 1 is 1.38 bits per heavy atom. The first kappa shape index (κ1) is 11.9. The number of carbonyl (C=O) groups excluding carboxylic acids is 1. The van der Waals surface area contributed by atoms with Gasteiger partial charge in [0.05, 0.1) is 5.92 Å². The maximum atomic E-state index is 12.4. The van der Waals surface area contributed by atoms with E-state index in [1.165, 1.54) is 12.8 Å². The second-order valence-electron chi connectivity index (χ2n) is 5.47. The molecule has 0 aromatic heterocycles. The fourth-order valence-corrected chi connectivity index (χ4v) is 2.55. The van der Waals surface area contributed by atoms with Crippen LogP contribution in [0.4, 0.5) is 0 Å². The topological polar surface area (TPSA) is 32.3 Å². The Morgan fingerprint density at radius 3 is 2.62 bits per heavy atom. The highest BCUT2D eigenvalue weighted by Crippen LogP contribution is 2.30. The lowest BCUT2D eigenvalue weighted by Crippen LogP contribution is -2.40. The molecule has 0 spiro atoms. The summed E-state index contributed by atoms with van der Waals surface area (Å²) in [5.74, 6) is 1.93. The number of rotatable bonds is 5. The van der Waals surface area contributed by atoms with Crippen molar-refractivity contribution in [3.05, 3.63) is 0 Å². The number of nitrogens with one attached hydrogen (secondary N) is 1. The molecule has 1 saturated carbocycles. The fourth-order valence-electron chi connectivity index (χ4n) is 2.55. The first-order valence-electron chi connectivity index (χ1n) is 6.72. The van der Waals surface area contributed by atoms with Crippen molar-refractivity contribution >= 4 is 5.91 Å². The van der Waals surface area contributed by atoms with Gasteiger partial charge in [0.15, 0.2) is 0 Å². The summed E-state index contributed by atoms with van der Waals surface area (Å²) in [7, 11) is 0. The minimum absolute atomic E-state index is 0.227. The minimum atomic E-state index is 0.227. The normalized spacial score (nSPS) is 29.4. The molecule has 0 unspecified atom stereocenters. The van der Waals surface area contributed by atoms with E-state index in [-0.39, 0.29) is 5.92 Å². The summed E-state index contributed by atoms with van der Waals surface area (Å²) in [5.41, 5.74) is 0. The number of amides is 1. The zero-order valence-electron chi connectivity index (χ0n) is 10.5. The lowest BCUT2D eigenvalue weighted by atomic mass is 9.96. The third-order valence-electron chi connectivity index (χ3n) is 3.82. The lowest BCUT2D eigenvalue weighted by molar-refractivity contribution is -0.136. The van der Waals surface area contributed by atoms with Gasteiger partial charge in [-0.15, -0.1) is 0 Å². The van der Waals surface area contributed by atoms with Crippen molar-refractivity contribution in [2.75, 3.05) is 26.2 Å². The molecule has 1 amide bonds. The highest BCUT2D eigenvalue weighted by atomic mass is 16.2.